The van der Waals surface area contributed by atoms with Crippen molar-refractivity contribution in [1.82, 2.24) is 4.98 Å². The van der Waals surface area contributed by atoms with Crippen LogP contribution in [0.2, 0.25) is 0 Å². The van der Waals surface area contributed by atoms with E-state index in [1.807, 2.05) is 23.6 Å². The Labute approximate surface area is 125 Å². The average molecular weight is 293 g/mol. The molecule has 3 heteroatoms. The van der Waals surface area contributed by atoms with Gasteiger partial charge in [0.2, 0.25) is 0 Å². The van der Waals surface area contributed by atoms with Gasteiger partial charge in [0.25, 0.3) is 0 Å². The minimum absolute atomic E-state index is 1.08. The summed E-state index contributed by atoms with van der Waals surface area (Å²) in [7, 11) is 0. The molecular weight excluding hydrogens is 282 g/mol. The smallest absolute Gasteiger partial charge is 0.123 e. The van der Waals surface area contributed by atoms with E-state index >= 15 is 0 Å². The largest absolute Gasteiger partial charge is 0.244 e. The van der Waals surface area contributed by atoms with Gasteiger partial charge in [0, 0.05) is 21.3 Å². The first-order valence-electron chi connectivity index (χ1n) is 6.40. The molecule has 0 aliphatic heterocycles. The van der Waals surface area contributed by atoms with Crippen LogP contribution in [0, 0.1) is 0 Å². The van der Waals surface area contributed by atoms with Gasteiger partial charge in [0.05, 0.1) is 4.88 Å². The van der Waals surface area contributed by atoms with Crippen LogP contribution < -0.4 is 0 Å². The summed E-state index contributed by atoms with van der Waals surface area (Å²) in [5.74, 6) is 0. The summed E-state index contributed by atoms with van der Waals surface area (Å²) in [6, 6.07) is 21.1. The van der Waals surface area contributed by atoms with E-state index in [0.717, 1.165) is 5.01 Å². The summed E-state index contributed by atoms with van der Waals surface area (Å²) in [6.45, 7) is 0. The van der Waals surface area contributed by atoms with E-state index in [2.05, 4.69) is 59.6 Å². The van der Waals surface area contributed by atoms with Crippen molar-refractivity contribution in [3.63, 3.8) is 0 Å². The highest BCUT2D eigenvalue weighted by Crippen LogP contribution is 2.38. The highest BCUT2D eigenvalue weighted by Gasteiger charge is 2.09. The second-order valence-corrected chi connectivity index (χ2v) is 6.66. The summed E-state index contributed by atoms with van der Waals surface area (Å²) < 4.78 is 1.33. The minimum atomic E-state index is 1.08. The van der Waals surface area contributed by atoms with Gasteiger partial charge in [0.15, 0.2) is 0 Å². The van der Waals surface area contributed by atoms with Crippen LogP contribution in [0.1, 0.15) is 0 Å². The van der Waals surface area contributed by atoms with Gasteiger partial charge >= 0.3 is 0 Å². The van der Waals surface area contributed by atoms with Gasteiger partial charge in [-0.05, 0) is 17.5 Å². The Balaban J connectivity index is 1.78. The van der Waals surface area contributed by atoms with Gasteiger partial charge < -0.3 is 0 Å². The minimum Gasteiger partial charge on any atom is -0.244 e. The third-order valence-electron chi connectivity index (χ3n) is 3.19. The molecule has 0 aliphatic rings. The molecule has 0 bridgehead atoms. The molecule has 0 aliphatic carbocycles. The van der Waals surface area contributed by atoms with Crippen molar-refractivity contribution in [3.8, 4) is 20.3 Å². The molecule has 0 amide bonds. The van der Waals surface area contributed by atoms with E-state index < -0.39 is 0 Å². The van der Waals surface area contributed by atoms with Crippen molar-refractivity contribution in [2.75, 3.05) is 0 Å². The fourth-order valence-corrected chi connectivity index (χ4v) is 4.26. The standard InChI is InChI=1S/C17H11NS2/c1-2-6-12(7-3-1)17-18-11-16(20-17)15-10-13-8-4-5-9-14(13)19-15/h1-11H. The van der Waals surface area contributed by atoms with Crippen LogP contribution in [-0.2, 0) is 0 Å². The van der Waals surface area contributed by atoms with E-state index in [1.165, 1.54) is 25.4 Å². The maximum atomic E-state index is 4.56. The lowest BCUT2D eigenvalue weighted by molar-refractivity contribution is 1.42. The molecule has 0 saturated heterocycles. The zero-order valence-electron chi connectivity index (χ0n) is 10.6. The zero-order chi connectivity index (χ0) is 13.4. The highest BCUT2D eigenvalue weighted by molar-refractivity contribution is 7.26. The summed E-state index contributed by atoms with van der Waals surface area (Å²) in [5, 5.41) is 2.39. The molecule has 0 radical (unpaired) electrons. The van der Waals surface area contributed by atoms with Crippen LogP contribution in [-0.4, -0.2) is 4.98 Å². The van der Waals surface area contributed by atoms with Crippen molar-refractivity contribution in [2.24, 2.45) is 0 Å². The van der Waals surface area contributed by atoms with E-state index in [1.54, 1.807) is 11.3 Å². The molecule has 2 aromatic heterocycles. The number of aromatic nitrogens is 1. The monoisotopic (exact) mass is 293 g/mol. The first-order chi connectivity index (χ1) is 9.90. The number of thiophene rings is 1. The fraction of sp³-hybridized carbons (Fsp3) is 0. The summed E-state index contributed by atoms with van der Waals surface area (Å²) in [4.78, 5) is 7.10. The Morgan fingerprint density at radius 1 is 0.750 bits per heavy atom. The Kier molecular flexibility index (Phi) is 2.87. The zero-order valence-corrected chi connectivity index (χ0v) is 12.2. The lowest BCUT2D eigenvalue weighted by Crippen LogP contribution is -1.71. The fourth-order valence-electron chi connectivity index (χ4n) is 2.21. The van der Waals surface area contributed by atoms with Gasteiger partial charge in [-0.25, -0.2) is 4.98 Å². The third kappa shape index (κ3) is 2.05. The highest BCUT2D eigenvalue weighted by atomic mass is 32.1. The quantitative estimate of drug-likeness (QED) is 0.462. The Morgan fingerprint density at radius 2 is 1.55 bits per heavy atom. The van der Waals surface area contributed by atoms with E-state index in [-0.39, 0.29) is 0 Å². The van der Waals surface area contributed by atoms with E-state index in [0.29, 0.717) is 0 Å². The first kappa shape index (κ1) is 11.8. The van der Waals surface area contributed by atoms with Crippen molar-refractivity contribution in [3.05, 3.63) is 66.9 Å². The van der Waals surface area contributed by atoms with Crippen LogP contribution in [0.4, 0.5) is 0 Å². The van der Waals surface area contributed by atoms with Gasteiger partial charge in [-0.15, -0.1) is 22.7 Å². The number of nitrogens with zero attached hydrogens (tertiary/aromatic N) is 1. The molecule has 0 N–H and O–H groups in total. The number of benzene rings is 2. The Morgan fingerprint density at radius 3 is 2.40 bits per heavy atom. The lowest BCUT2D eigenvalue weighted by atomic mass is 10.2. The third-order valence-corrected chi connectivity index (χ3v) is 5.55. The number of fused-ring (bicyclic) bond motifs is 1. The molecule has 1 nitrogen and oxygen atoms in total. The number of hydrogen-bond acceptors (Lipinski definition) is 3. The lowest BCUT2D eigenvalue weighted by Gasteiger charge is -1.93. The SMILES string of the molecule is c1ccc(-c2ncc(-c3cc4ccccc4s3)s2)cc1. The molecule has 96 valence electrons. The van der Waals surface area contributed by atoms with Crippen molar-refractivity contribution >= 4 is 32.8 Å². The molecular formula is C17H11NS2. The van der Waals surface area contributed by atoms with E-state index in [4.69, 9.17) is 0 Å². The van der Waals surface area contributed by atoms with Crippen molar-refractivity contribution in [2.45, 2.75) is 0 Å². The van der Waals surface area contributed by atoms with Crippen LogP contribution in [0.15, 0.2) is 66.9 Å². The summed E-state index contributed by atoms with van der Waals surface area (Å²) in [6.07, 6.45) is 1.98. The summed E-state index contributed by atoms with van der Waals surface area (Å²) >= 11 is 3.58. The second kappa shape index (κ2) is 4.85. The normalized spacial score (nSPS) is 11.0. The molecule has 0 spiro atoms. The molecule has 0 unspecified atom stereocenters. The van der Waals surface area contributed by atoms with Crippen LogP contribution in [0.25, 0.3) is 30.4 Å². The van der Waals surface area contributed by atoms with Gasteiger partial charge in [-0.3, -0.25) is 0 Å². The molecule has 2 heterocycles. The molecule has 2 aromatic carbocycles. The van der Waals surface area contributed by atoms with Crippen LogP contribution in [0.3, 0.4) is 0 Å². The number of hydrogen-bond donors (Lipinski definition) is 0. The van der Waals surface area contributed by atoms with Gasteiger partial charge in [-0.2, -0.15) is 0 Å². The Hall–Kier alpha value is -1.97. The maximum Gasteiger partial charge on any atom is 0.123 e. The van der Waals surface area contributed by atoms with Crippen LogP contribution >= 0.6 is 22.7 Å². The molecule has 4 rings (SSSR count). The number of rotatable bonds is 2. The average Bonchev–Trinajstić information content (AvgIpc) is 3.14. The Bertz CT molecular complexity index is 826. The summed E-state index contributed by atoms with van der Waals surface area (Å²) in [5.41, 5.74) is 1.19. The maximum absolute atomic E-state index is 4.56. The number of thiazole rings is 1. The molecule has 20 heavy (non-hydrogen) atoms. The predicted molar refractivity (Wildman–Crippen MR) is 88.4 cm³/mol. The second-order valence-electron chi connectivity index (χ2n) is 4.54. The predicted octanol–water partition coefficient (Wildman–Crippen LogP) is 5.69. The molecule has 0 atom stereocenters. The molecule has 0 fully saturated rings. The van der Waals surface area contributed by atoms with Gasteiger partial charge in [-0.1, -0.05) is 48.5 Å². The van der Waals surface area contributed by atoms with Crippen LogP contribution in [0.5, 0.6) is 0 Å². The first-order valence-corrected chi connectivity index (χ1v) is 8.04. The van der Waals surface area contributed by atoms with E-state index in [9.17, 15) is 0 Å². The molecule has 0 saturated carbocycles. The molecule has 4 aromatic rings. The van der Waals surface area contributed by atoms with Crippen molar-refractivity contribution in [1.29, 1.82) is 0 Å². The van der Waals surface area contributed by atoms with Gasteiger partial charge in [0.1, 0.15) is 5.01 Å². The topological polar surface area (TPSA) is 12.9 Å². The van der Waals surface area contributed by atoms with Crippen molar-refractivity contribution < 1.29 is 0 Å².